The summed E-state index contributed by atoms with van der Waals surface area (Å²) >= 11 is 0. The van der Waals surface area contributed by atoms with Crippen molar-refractivity contribution >= 4 is 11.8 Å². The van der Waals surface area contributed by atoms with Gasteiger partial charge in [0, 0.05) is 0 Å². The standard InChI is InChI=1S/C15H18O3/c1-10-5-4-6-12(9-13(17)18-3)14(10)15(7-8-15)11(2)16/h4-6H,7-9H2,1-3H3. The van der Waals surface area contributed by atoms with E-state index in [4.69, 9.17) is 4.74 Å². The van der Waals surface area contributed by atoms with Crippen molar-refractivity contribution in [1.82, 2.24) is 0 Å². The van der Waals surface area contributed by atoms with Crippen molar-refractivity contribution in [2.75, 3.05) is 7.11 Å². The molecule has 1 aromatic rings. The fourth-order valence-corrected chi connectivity index (χ4v) is 2.69. The van der Waals surface area contributed by atoms with Gasteiger partial charge in [-0.1, -0.05) is 18.2 Å². The highest BCUT2D eigenvalue weighted by atomic mass is 16.5. The number of hydrogen-bond acceptors (Lipinski definition) is 3. The summed E-state index contributed by atoms with van der Waals surface area (Å²) in [6, 6.07) is 5.84. The van der Waals surface area contributed by atoms with E-state index in [0.717, 1.165) is 29.5 Å². The monoisotopic (exact) mass is 246 g/mol. The number of Topliss-reactive ketones (excluding diaryl/α,β-unsaturated/α-hetero) is 1. The van der Waals surface area contributed by atoms with Crippen molar-refractivity contribution in [3.8, 4) is 0 Å². The molecule has 0 aliphatic heterocycles. The van der Waals surface area contributed by atoms with Crippen LogP contribution in [0.4, 0.5) is 0 Å². The smallest absolute Gasteiger partial charge is 0.309 e. The second kappa shape index (κ2) is 4.56. The Morgan fingerprint density at radius 3 is 2.50 bits per heavy atom. The SMILES string of the molecule is COC(=O)Cc1cccc(C)c1C1(C(C)=O)CC1. The van der Waals surface area contributed by atoms with Crippen molar-refractivity contribution in [2.45, 2.75) is 38.5 Å². The maximum Gasteiger partial charge on any atom is 0.309 e. The minimum atomic E-state index is -0.339. The van der Waals surface area contributed by atoms with Gasteiger partial charge in [0.05, 0.1) is 18.9 Å². The average molecular weight is 246 g/mol. The van der Waals surface area contributed by atoms with Crippen molar-refractivity contribution in [2.24, 2.45) is 0 Å². The lowest BCUT2D eigenvalue weighted by Gasteiger charge is -2.19. The number of carbonyl (C=O) groups is 2. The molecule has 3 heteroatoms. The first-order valence-corrected chi connectivity index (χ1v) is 6.18. The molecule has 1 aromatic carbocycles. The quantitative estimate of drug-likeness (QED) is 0.766. The van der Waals surface area contributed by atoms with Crippen LogP contribution in [0.3, 0.4) is 0 Å². The molecule has 18 heavy (non-hydrogen) atoms. The first kappa shape index (κ1) is 12.8. The van der Waals surface area contributed by atoms with Crippen molar-refractivity contribution in [3.63, 3.8) is 0 Å². The number of rotatable bonds is 4. The number of ketones is 1. The van der Waals surface area contributed by atoms with Crippen LogP contribution in [-0.4, -0.2) is 18.9 Å². The van der Waals surface area contributed by atoms with E-state index in [9.17, 15) is 9.59 Å². The molecule has 1 fully saturated rings. The second-order valence-corrected chi connectivity index (χ2v) is 5.00. The second-order valence-electron chi connectivity index (χ2n) is 5.00. The summed E-state index contributed by atoms with van der Waals surface area (Å²) in [5.74, 6) is -0.0656. The van der Waals surface area contributed by atoms with Crippen molar-refractivity contribution < 1.29 is 14.3 Å². The van der Waals surface area contributed by atoms with Gasteiger partial charge in [-0.05, 0) is 43.4 Å². The molecular formula is C15H18O3. The van der Waals surface area contributed by atoms with Gasteiger partial charge in [0.25, 0.3) is 0 Å². The Morgan fingerprint density at radius 2 is 2.00 bits per heavy atom. The molecule has 1 aliphatic carbocycles. The fraction of sp³-hybridized carbons (Fsp3) is 0.467. The van der Waals surface area contributed by atoms with Gasteiger partial charge < -0.3 is 4.74 Å². The summed E-state index contributed by atoms with van der Waals surface area (Å²) in [6.07, 6.45) is 2.02. The number of esters is 1. The Balaban J connectivity index is 2.46. The first-order valence-electron chi connectivity index (χ1n) is 6.18. The maximum atomic E-state index is 11.9. The van der Waals surface area contributed by atoms with Crippen LogP contribution in [-0.2, 0) is 26.2 Å². The van der Waals surface area contributed by atoms with Crippen LogP contribution in [0.25, 0.3) is 0 Å². The third-order valence-electron chi connectivity index (χ3n) is 3.82. The zero-order valence-electron chi connectivity index (χ0n) is 11.1. The molecular weight excluding hydrogens is 228 g/mol. The third kappa shape index (κ3) is 2.05. The van der Waals surface area contributed by atoms with Crippen LogP contribution in [0.2, 0.25) is 0 Å². The Morgan fingerprint density at radius 1 is 1.33 bits per heavy atom. The lowest BCUT2D eigenvalue weighted by atomic mass is 9.84. The number of ether oxygens (including phenoxy) is 1. The Labute approximate surface area is 107 Å². The van der Waals surface area contributed by atoms with Crippen LogP contribution in [0.1, 0.15) is 36.5 Å². The Bertz CT molecular complexity index is 498. The van der Waals surface area contributed by atoms with Crippen molar-refractivity contribution in [3.05, 3.63) is 34.9 Å². The molecule has 0 radical (unpaired) electrons. The van der Waals surface area contributed by atoms with E-state index in [1.807, 2.05) is 25.1 Å². The first-order chi connectivity index (χ1) is 8.51. The number of aryl methyl sites for hydroxylation is 1. The van der Waals surface area contributed by atoms with Crippen molar-refractivity contribution in [1.29, 1.82) is 0 Å². The molecule has 1 saturated carbocycles. The van der Waals surface area contributed by atoms with E-state index in [2.05, 4.69) is 0 Å². The number of methoxy groups -OCH3 is 1. The lowest BCUT2D eigenvalue weighted by Crippen LogP contribution is -2.21. The zero-order chi connectivity index (χ0) is 13.3. The number of hydrogen-bond donors (Lipinski definition) is 0. The lowest BCUT2D eigenvalue weighted by molar-refractivity contribution is -0.139. The molecule has 96 valence electrons. The number of carbonyl (C=O) groups excluding carboxylic acids is 2. The molecule has 0 N–H and O–H groups in total. The van der Waals surface area contributed by atoms with Gasteiger partial charge in [-0.25, -0.2) is 0 Å². The zero-order valence-corrected chi connectivity index (χ0v) is 11.1. The molecule has 0 amide bonds. The van der Waals surface area contributed by atoms with Gasteiger partial charge in [0.15, 0.2) is 0 Å². The topological polar surface area (TPSA) is 43.4 Å². The Kier molecular flexibility index (Phi) is 3.24. The normalized spacial score (nSPS) is 16.2. The largest absolute Gasteiger partial charge is 0.469 e. The van der Waals surface area contributed by atoms with E-state index >= 15 is 0 Å². The summed E-state index contributed by atoms with van der Waals surface area (Å²) < 4.78 is 4.72. The summed E-state index contributed by atoms with van der Waals surface area (Å²) in [5.41, 5.74) is 2.72. The molecule has 2 rings (SSSR count). The van der Waals surface area contributed by atoms with E-state index in [1.165, 1.54) is 7.11 Å². The van der Waals surface area contributed by atoms with E-state index in [1.54, 1.807) is 6.92 Å². The van der Waals surface area contributed by atoms with Crippen LogP contribution in [0, 0.1) is 6.92 Å². The van der Waals surface area contributed by atoms with Crippen LogP contribution >= 0.6 is 0 Å². The van der Waals surface area contributed by atoms with Crippen LogP contribution in [0.15, 0.2) is 18.2 Å². The highest BCUT2D eigenvalue weighted by Crippen LogP contribution is 2.51. The molecule has 0 heterocycles. The molecule has 0 spiro atoms. The van der Waals surface area contributed by atoms with E-state index in [-0.39, 0.29) is 23.6 Å². The summed E-state index contributed by atoms with van der Waals surface area (Å²) in [5, 5.41) is 0. The summed E-state index contributed by atoms with van der Waals surface area (Å²) in [6.45, 7) is 3.64. The van der Waals surface area contributed by atoms with Gasteiger partial charge in [-0.2, -0.15) is 0 Å². The van der Waals surface area contributed by atoms with E-state index in [0.29, 0.717) is 0 Å². The minimum absolute atomic E-state index is 0.197. The molecule has 0 aromatic heterocycles. The Hall–Kier alpha value is -1.64. The third-order valence-corrected chi connectivity index (χ3v) is 3.82. The van der Waals surface area contributed by atoms with Gasteiger partial charge in [0.2, 0.25) is 0 Å². The molecule has 1 aliphatic rings. The van der Waals surface area contributed by atoms with Crippen LogP contribution in [0.5, 0.6) is 0 Å². The van der Waals surface area contributed by atoms with Crippen LogP contribution < -0.4 is 0 Å². The van der Waals surface area contributed by atoms with Gasteiger partial charge in [0.1, 0.15) is 5.78 Å². The average Bonchev–Trinajstić information content (AvgIpc) is 3.10. The highest BCUT2D eigenvalue weighted by molar-refractivity contribution is 5.92. The maximum absolute atomic E-state index is 11.9. The predicted octanol–water partition coefficient (Wildman–Crippen LogP) is 2.33. The fourth-order valence-electron chi connectivity index (χ4n) is 2.69. The predicted molar refractivity (Wildman–Crippen MR) is 68.5 cm³/mol. The highest BCUT2D eigenvalue weighted by Gasteiger charge is 2.50. The molecule has 0 atom stereocenters. The van der Waals surface area contributed by atoms with E-state index < -0.39 is 0 Å². The van der Waals surface area contributed by atoms with Gasteiger partial charge >= 0.3 is 5.97 Å². The molecule has 0 bridgehead atoms. The summed E-state index contributed by atoms with van der Waals surface area (Å²) in [7, 11) is 1.38. The minimum Gasteiger partial charge on any atom is -0.469 e. The number of benzene rings is 1. The van der Waals surface area contributed by atoms with Gasteiger partial charge in [-0.3, -0.25) is 9.59 Å². The van der Waals surface area contributed by atoms with Gasteiger partial charge in [-0.15, -0.1) is 0 Å². The molecule has 3 nitrogen and oxygen atoms in total. The molecule has 0 saturated heterocycles. The summed E-state index contributed by atoms with van der Waals surface area (Å²) in [4.78, 5) is 23.3. The molecule has 0 unspecified atom stereocenters.